The molecule has 1 aromatic rings. The Kier molecular flexibility index (Phi) is 6.37. The fourth-order valence-electron chi connectivity index (χ4n) is 1.74. The zero-order chi connectivity index (χ0) is 16.8. The normalized spacial score (nSPS) is 14.3. The molecule has 7 heteroatoms. The third kappa shape index (κ3) is 6.03. The largest absolute Gasteiger partial charge is 0.478 e. The molecule has 0 spiro atoms. The molecule has 1 atom stereocenters. The van der Waals surface area contributed by atoms with E-state index >= 15 is 0 Å². The fraction of sp³-hybridized carbons (Fsp3) is 0.533. The zero-order valence-electron chi connectivity index (χ0n) is 13.0. The Labute approximate surface area is 131 Å². The number of rotatable bonds is 9. The van der Waals surface area contributed by atoms with Crippen LogP contribution in [0.3, 0.4) is 0 Å². The topological polar surface area (TPSA) is 89.9 Å². The van der Waals surface area contributed by atoms with Gasteiger partial charge in [0.1, 0.15) is 5.75 Å². The minimum absolute atomic E-state index is 0.143. The second-order valence-corrected chi connectivity index (χ2v) is 6.91. The first kappa shape index (κ1) is 18.4. The standard InChI is InChI=1S/C15H22O6S/c1-4-15(2,14(16)17)21-13-9-7-12(8-10-13)6-5-11-20-22(3,18)19/h7-10H,4-6,11H2,1-3H3,(H,16,17)/t15-/m1/s1. The highest BCUT2D eigenvalue weighted by Crippen LogP contribution is 2.22. The van der Waals surface area contributed by atoms with E-state index in [9.17, 15) is 13.2 Å². The van der Waals surface area contributed by atoms with Gasteiger partial charge in [-0.2, -0.15) is 8.42 Å². The quantitative estimate of drug-likeness (QED) is 0.551. The summed E-state index contributed by atoms with van der Waals surface area (Å²) in [5.41, 5.74) is -0.247. The second kappa shape index (κ2) is 7.60. The second-order valence-electron chi connectivity index (χ2n) is 5.27. The number of benzene rings is 1. The van der Waals surface area contributed by atoms with E-state index in [0.29, 0.717) is 25.0 Å². The van der Waals surface area contributed by atoms with Crippen LogP contribution in [0.25, 0.3) is 0 Å². The van der Waals surface area contributed by atoms with Gasteiger partial charge in [0.15, 0.2) is 0 Å². The van der Waals surface area contributed by atoms with Crippen molar-refractivity contribution < 1.29 is 27.2 Å². The molecule has 0 radical (unpaired) electrons. The summed E-state index contributed by atoms with van der Waals surface area (Å²) in [6.45, 7) is 3.43. The van der Waals surface area contributed by atoms with Gasteiger partial charge < -0.3 is 9.84 Å². The molecule has 124 valence electrons. The molecule has 1 rings (SSSR count). The molecule has 0 aliphatic rings. The third-order valence-electron chi connectivity index (χ3n) is 3.30. The molecule has 0 fully saturated rings. The van der Waals surface area contributed by atoms with Gasteiger partial charge in [-0.1, -0.05) is 19.1 Å². The Hall–Kier alpha value is -1.60. The lowest BCUT2D eigenvalue weighted by Gasteiger charge is -2.24. The molecule has 1 aromatic carbocycles. The Morgan fingerprint density at radius 3 is 2.32 bits per heavy atom. The van der Waals surface area contributed by atoms with Crippen LogP contribution < -0.4 is 4.74 Å². The molecule has 0 saturated heterocycles. The molecular formula is C15H22O6S. The average molecular weight is 330 g/mol. The summed E-state index contributed by atoms with van der Waals surface area (Å²) < 4.78 is 31.8. The van der Waals surface area contributed by atoms with E-state index in [-0.39, 0.29) is 6.61 Å². The van der Waals surface area contributed by atoms with Crippen LogP contribution in [0.15, 0.2) is 24.3 Å². The Morgan fingerprint density at radius 2 is 1.86 bits per heavy atom. The summed E-state index contributed by atoms with van der Waals surface area (Å²) in [4.78, 5) is 11.2. The van der Waals surface area contributed by atoms with Crippen molar-refractivity contribution in [1.29, 1.82) is 0 Å². The maximum absolute atomic E-state index is 11.2. The van der Waals surface area contributed by atoms with E-state index in [0.717, 1.165) is 11.8 Å². The molecule has 0 aliphatic carbocycles. The number of carbonyl (C=O) groups is 1. The van der Waals surface area contributed by atoms with Crippen molar-refractivity contribution in [3.63, 3.8) is 0 Å². The molecule has 6 nitrogen and oxygen atoms in total. The third-order valence-corrected chi connectivity index (χ3v) is 3.90. The van der Waals surface area contributed by atoms with E-state index in [1.165, 1.54) is 6.92 Å². The minimum Gasteiger partial charge on any atom is -0.478 e. The smallest absolute Gasteiger partial charge is 0.347 e. The van der Waals surface area contributed by atoms with E-state index in [4.69, 9.17) is 9.84 Å². The van der Waals surface area contributed by atoms with Gasteiger partial charge >= 0.3 is 5.97 Å². The number of hydrogen-bond acceptors (Lipinski definition) is 5. The highest BCUT2D eigenvalue weighted by atomic mass is 32.2. The van der Waals surface area contributed by atoms with Gasteiger partial charge in [-0.25, -0.2) is 4.79 Å². The van der Waals surface area contributed by atoms with Gasteiger partial charge in [-0.15, -0.1) is 0 Å². The van der Waals surface area contributed by atoms with Crippen molar-refractivity contribution in [3.8, 4) is 5.75 Å². The maximum atomic E-state index is 11.2. The monoisotopic (exact) mass is 330 g/mol. The van der Waals surface area contributed by atoms with Gasteiger partial charge in [0.2, 0.25) is 5.60 Å². The van der Waals surface area contributed by atoms with Crippen LogP contribution in [0.4, 0.5) is 0 Å². The first-order valence-electron chi connectivity index (χ1n) is 7.02. The SMILES string of the molecule is CC[C@@](C)(Oc1ccc(CCCOS(C)(=O)=O)cc1)C(=O)O. The average Bonchev–Trinajstić information content (AvgIpc) is 2.44. The maximum Gasteiger partial charge on any atom is 0.347 e. The molecule has 22 heavy (non-hydrogen) atoms. The van der Waals surface area contributed by atoms with Gasteiger partial charge in [0.25, 0.3) is 10.1 Å². The number of hydrogen-bond donors (Lipinski definition) is 1. The zero-order valence-corrected chi connectivity index (χ0v) is 13.9. The van der Waals surface area contributed by atoms with Gasteiger partial charge in [0.05, 0.1) is 12.9 Å². The first-order valence-corrected chi connectivity index (χ1v) is 8.83. The van der Waals surface area contributed by atoms with Crippen LogP contribution in [0.1, 0.15) is 32.3 Å². The van der Waals surface area contributed by atoms with E-state index in [1.807, 2.05) is 12.1 Å². The van der Waals surface area contributed by atoms with Crippen molar-refractivity contribution in [2.75, 3.05) is 12.9 Å². The van der Waals surface area contributed by atoms with Crippen molar-refractivity contribution in [2.45, 2.75) is 38.7 Å². The van der Waals surface area contributed by atoms with Crippen molar-refractivity contribution in [1.82, 2.24) is 0 Å². The number of aryl methyl sites for hydroxylation is 1. The molecule has 0 bridgehead atoms. The van der Waals surface area contributed by atoms with E-state index in [1.54, 1.807) is 19.1 Å². The summed E-state index contributed by atoms with van der Waals surface area (Å²) in [6, 6.07) is 7.08. The molecule has 0 amide bonds. The first-order chi connectivity index (χ1) is 10.2. The highest BCUT2D eigenvalue weighted by Gasteiger charge is 2.33. The summed E-state index contributed by atoms with van der Waals surface area (Å²) in [5, 5.41) is 9.17. The molecule has 0 aliphatic heterocycles. The van der Waals surface area contributed by atoms with Crippen molar-refractivity contribution in [2.24, 2.45) is 0 Å². The number of carboxylic acid groups (broad SMARTS) is 1. The summed E-state index contributed by atoms with van der Waals surface area (Å²) in [7, 11) is -3.39. The van der Waals surface area contributed by atoms with Gasteiger partial charge in [-0.05, 0) is 43.9 Å². The highest BCUT2D eigenvalue weighted by molar-refractivity contribution is 7.85. The summed E-state index contributed by atoms with van der Waals surface area (Å²) in [5.74, 6) is -0.514. The summed E-state index contributed by atoms with van der Waals surface area (Å²) >= 11 is 0. The predicted molar refractivity (Wildman–Crippen MR) is 82.5 cm³/mol. The van der Waals surface area contributed by atoms with E-state index in [2.05, 4.69) is 4.18 Å². The number of aliphatic carboxylic acids is 1. The lowest BCUT2D eigenvalue weighted by Crippen LogP contribution is -2.40. The fourth-order valence-corrected chi connectivity index (χ4v) is 2.16. The Bertz CT molecular complexity index is 593. The Balaban J connectivity index is 2.55. The number of carboxylic acids is 1. The van der Waals surface area contributed by atoms with Crippen LogP contribution >= 0.6 is 0 Å². The van der Waals surface area contributed by atoms with E-state index < -0.39 is 21.7 Å². The van der Waals surface area contributed by atoms with Crippen LogP contribution in [0.5, 0.6) is 5.75 Å². The van der Waals surface area contributed by atoms with Crippen molar-refractivity contribution >= 4 is 16.1 Å². The lowest BCUT2D eigenvalue weighted by atomic mass is 10.0. The van der Waals surface area contributed by atoms with Crippen molar-refractivity contribution in [3.05, 3.63) is 29.8 Å². The summed E-state index contributed by atoms with van der Waals surface area (Å²) in [6.07, 6.45) is 2.62. The molecule has 0 saturated carbocycles. The lowest BCUT2D eigenvalue weighted by molar-refractivity contribution is -0.154. The van der Waals surface area contributed by atoms with Gasteiger partial charge in [-0.3, -0.25) is 4.18 Å². The van der Waals surface area contributed by atoms with Gasteiger partial charge in [0, 0.05) is 0 Å². The Morgan fingerprint density at radius 1 is 1.27 bits per heavy atom. The molecular weight excluding hydrogens is 308 g/mol. The van der Waals surface area contributed by atoms with Crippen LogP contribution in [-0.4, -0.2) is 38.0 Å². The number of ether oxygens (including phenoxy) is 1. The molecule has 0 unspecified atom stereocenters. The molecule has 0 heterocycles. The van der Waals surface area contributed by atoms with Crippen LogP contribution in [-0.2, 0) is 25.5 Å². The van der Waals surface area contributed by atoms with Crippen LogP contribution in [0.2, 0.25) is 0 Å². The molecule has 1 N–H and O–H groups in total. The van der Waals surface area contributed by atoms with Crippen LogP contribution in [0, 0.1) is 0 Å². The minimum atomic E-state index is -3.39. The molecule has 0 aromatic heterocycles. The predicted octanol–water partition coefficient (Wildman–Crippen LogP) is 2.23.